The number of halogens is 3. The molecule has 0 aliphatic heterocycles. The standard InChI is InChI=1S/C15H14Br3NO/c1-10-4-2-3-5-14(10)19-6-7-20-15-12(17)8-11(16)9-13(15)18/h2-5,8-9,19H,6-7H2,1H3. The number of ether oxygens (including phenoxy) is 1. The third-order valence-electron chi connectivity index (χ3n) is 2.77. The Labute approximate surface area is 144 Å². The maximum absolute atomic E-state index is 5.81. The maximum atomic E-state index is 5.81. The second-order valence-electron chi connectivity index (χ2n) is 4.29. The summed E-state index contributed by atoms with van der Waals surface area (Å²) < 4.78 is 8.66. The molecule has 0 spiro atoms. The van der Waals surface area contributed by atoms with Crippen molar-refractivity contribution in [1.29, 1.82) is 0 Å². The summed E-state index contributed by atoms with van der Waals surface area (Å²) >= 11 is 10.4. The average Bonchev–Trinajstić information content (AvgIpc) is 2.38. The zero-order valence-electron chi connectivity index (χ0n) is 10.9. The highest BCUT2D eigenvalue weighted by Crippen LogP contribution is 2.36. The van der Waals surface area contributed by atoms with Gasteiger partial charge in [0.15, 0.2) is 0 Å². The molecule has 0 bridgehead atoms. The summed E-state index contributed by atoms with van der Waals surface area (Å²) in [6.45, 7) is 3.43. The van der Waals surface area contributed by atoms with Crippen LogP contribution in [0.3, 0.4) is 0 Å². The van der Waals surface area contributed by atoms with E-state index >= 15 is 0 Å². The number of nitrogens with one attached hydrogen (secondary N) is 1. The Hall–Kier alpha value is -0.520. The Morgan fingerprint density at radius 1 is 1.05 bits per heavy atom. The molecule has 0 aliphatic rings. The zero-order valence-corrected chi connectivity index (χ0v) is 15.7. The molecule has 0 heterocycles. The summed E-state index contributed by atoms with van der Waals surface area (Å²) in [4.78, 5) is 0. The zero-order chi connectivity index (χ0) is 14.5. The predicted molar refractivity (Wildman–Crippen MR) is 94.7 cm³/mol. The molecule has 2 rings (SSSR count). The highest BCUT2D eigenvalue weighted by atomic mass is 79.9. The van der Waals surface area contributed by atoms with Crippen molar-refractivity contribution in [2.75, 3.05) is 18.5 Å². The molecule has 0 saturated heterocycles. The first-order valence-electron chi connectivity index (χ1n) is 6.15. The number of anilines is 1. The fourth-order valence-electron chi connectivity index (χ4n) is 1.78. The lowest BCUT2D eigenvalue weighted by Gasteiger charge is -2.13. The van der Waals surface area contributed by atoms with Gasteiger partial charge in [-0.15, -0.1) is 0 Å². The van der Waals surface area contributed by atoms with Crippen LogP contribution in [0, 0.1) is 6.92 Å². The van der Waals surface area contributed by atoms with E-state index in [1.54, 1.807) is 0 Å². The lowest BCUT2D eigenvalue weighted by atomic mass is 10.2. The van der Waals surface area contributed by atoms with E-state index in [1.807, 2.05) is 24.3 Å². The Morgan fingerprint density at radius 2 is 1.70 bits per heavy atom. The molecule has 0 saturated carbocycles. The average molecular weight is 464 g/mol. The summed E-state index contributed by atoms with van der Waals surface area (Å²) in [5.41, 5.74) is 2.38. The fraction of sp³-hybridized carbons (Fsp3) is 0.200. The van der Waals surface area contributed by atoms with Crippen LogP contribution in [0.15, 0.2) is 49.8 Å². The quantitative estimate of drug-likeness (QED) is 0.568. The van der Waals surface area contributed by atoms with Gasteiger partial charge in [-0.25, -0.2) is 0 Å². The molecule has 0 unspecified atom stereocenters. The summed E-state index contributed by atoms with van der Waals surface area (Å²) in [5, 5.41) is 3.37. The fourth-order valence-corrected chi connectivity index (χ4v) is 4.26. The van der Waals surface area contributed by atoms with E-state index in [0.29, 0.717) is 6.61 Å². The Kier molecular flexibility index (Phi) is 5.93. The largest absolute Gasteiger partial charge is 0.489 e. The Balaban J connectivity index is 1.90. The van der Waals surface area contributed by atoms with Crippen LogP contribution in [0.25, 0.3) is 0 Å². The molecule has 0 aromatic heterocycles. The van der Waals surface area contributed by atoms with Crippen molar-refractivity contribution in [1.82, 2.24) is 0 Å². The molecule has 0 fully saturated rings. The number of para-hydroxylation sites is 1. The third-order valence-corrected chi connectivity index (χ3v) is 4.41. The summed E-state index contributed by atoms with van der Waals surface area (Å²) in [5.74, 6) is 0.819. The smallest absolute Gasteiger partial charge is 0.147 e. The van der Waals surface area contributed by atoms with Gasteiger partial charge in [0, 0.05) is 16.7 Å². The van der Waals surface area contributed by atoms with Crippen LogP contribution in [0.5, 0.6) is 5.75 Å². The second-order valence-corrected chi connectivity index (χ2v) is 6.91. The van der Waals surface area contributed by atoms with E-state index in [0.717, 1.165) is 31.4 Å². The van der Waals surface area contributed by atoms with Crippen molar-refractivity contribution in [2.24, 2.45) is 0 Å². The van der Waals surface area contributed by atoms with Gasteiger partial charge in [0.05, 0.1) is 8.95 Å². The minimum absolute atomic E-state index is 0.590. The third kappa shape index (κ3) is 4.24. The van der Waals surface area contributed by atoms with E-state index in [4.69, 9.17) is 4.74 Å². The molecule has 0 aliphatic carbocycles. The van der Waals surface area contributed by atoms with Crippen LogP contribution < -0.4 is 10.1 Å². The van der Waals surface area contributed by atoms with Crippen molar-refractivity contribution in [3.63, 3.8) is 0 Å². The van der Waals surface area contributed by atoms with Crippen LogP contribution >= 0.6 is 47.8 Å². The molecular weight excluding hydrogens is 450 g/mol. The van der Waals surface area contributed by atoms with Crippen LogP contribution in [0.2, 0.25) is 0 Å². The van der Waals surface area contributed by atoms with Gasteiger partial charge in [-0.3, -0.25) is 0 Å². The van der Waals surface area contributed by atoms with Crippen LogP contribution in [0.1, 0.15) is 5.56 Å². The lowest BCUT2D eigenvalue weighted by Crippen LogP contribution is -2.12. The second kappa shape index (κ2) is 7.48. The van der Waals surface area contributed by atoms with Gasteiger partial charge in [0.25, 0.3) is 0 Å². The lowest BCUT2D eigenvalue weighted by molar-refractivity contribution is 0.328. The SMILES string of the molecule is Cc1ccccc1NCCOc1c(Br)cc(Br)cc1Br. The summed E-state index contributed by atoms with van der Waals surface area (Å²) in [6, 6.07) is 12.2. The minimum atomic E-state index is 0.590. The Bertz CT molecular complexity index is 578. The van der Waals surface area contributed by atoms with Gasteiger partial charge in [-0.05, 0) is 62.5 Å². The molecule has 106 valence electrons. The Morgan fingerprint density at radius 3 is 2.35 bits per heavy atom. The molecular formula is C15H14Br3NO. The van der Waals surface area contributed by atoms with E-state index < -0.39 is 0 Å². The summed E-state index contributed by atoms with van der Waals surface area (Å²) in [7, 11) is 0. The number of rotatable bonds is 5. The van der Waals surface area contributed by atoms with Crippen LogP contribution in [0.4, 0.5) is 5.69 Å². The van der Waals surface area contributed by atoms with Crippen molar-refractivity contribution >= 4 is 53.5 Å². The van der Waals surface area contributed by atoms with Crippen molar-refractivity contribution in [2.45, 2.75) is 6.92 Å². The van der Waals surface area contributed by atoms with E-state index in [2.05, 4.69) is 72.2 Å². The van der Waals surface area contributed by atoms with Crippen LogP contribution in [-0.4, -0.2) is 13.2 Å². The molecule has 0 atom stereocenters. The number of benzene rings is 2. The highest BCUT2D eigenvalue weighted by molar-refractivity contribution is 9.11. The predicted octanol–water partition coefficient (Wildman–Crippen LogP) is 5.77. The topological polar surface area (TPSA) is 21.3 Å². The number of hydrogen-bond acceptors (Lipinski definition) is 2. The molecule has 1 N–H and O–H groups in total. The van der Waals surface area contributed by atoms with E-state index in [9.17, 15) is 0 Å². The maximum Gasteiger partial charge on any atom is 0.147 e. The molecule has 0 amide bonds. The first-order valence-corrected chi connectivity index (χ1v) is 8.52. The molecule has 2 nitrogen and oxygen atoms in total. The first-order chi connectivity index (χ1) is 9.58. The molecule has 2 aromatic carbocycles. The molecule has 0 radical (unpaired) electrons. The highest BCUT2D eigenvalue weighted by Gasteiger charge is 2.08. The normalized spacial score (nSPS) is 10.4. The van der Waals surface area contributed by atoms with Crippen molar-refractivity contribution in [3.8, 4) is 5.75 Å². The van der Waals surface area contributed by atoms with Crippen molar-refractivity contribution in [3.05, 3.63) is 55.4 Å². The van der Waals surface area contributed by atoms with Gasteiger partial charge >= 0.3 is 0 Å². The molecule has 2 aromatic rings. The van der Waals surface area contributed by atoms with Gasteiger partial charge in [0.1, 0.15) is 12.4 Å². The van der Waals surface area contributed by atoms with Crippen molar-refractivity contribution < 1.29 is 4.74 Å². The van der Waals surface area contributed by atoms with Gasteiger partial charge in [-0.1, -0.05) is 34.1 Å². The number of aryl methyl sites for hydroxylation is 1. The first kappa shape index (κ1) is 15.9. The van der Waals surface area contributed by atoms with Gasteiger partial charge in [-0.2, -0.15) is 0 Å². The van der Waals surface area contributed by atoms with E-state index in [-0.39, 0.29) is 0 Å². The molecule has 20 heavy (non-hydrogen) atoms. The van der Waals surface area contributed by atoms with Gasteiger partial charge in [0.2, 0.25) is 0 Å². The van der Waals surface area contributed by atoms with Gasteiger partial charge < -0.3 is 10.1 Å². The summed E-state index contributed by atoms with van der Waals surface area (Å²) in [6.07, 6.45) is 0. The molecule has 5 heteroatoms. The monoisotopic (exact) mass is 461 g/mol. The van der Waals surface area contributed by atoms with E-state index in [1.165, 1.54) is 5.56 Å². The number of hydrogen-bond donors (Lipinski definition) is 1. The minimum Gasteiger partial charge on any atom is -0.489 e. The van der Waals surface area contributed by atoms with Crippen LogP contribution in [-0.2, 0) is 0 Å².